The summed E-state index contributed by atoms with van der Waals surface area (Å²) in [6.07, 6.45) is 0.997. The minimum absolute atomic E-state index is 0.0133. The van der Waals surface area contributed by atoms with Crippen LogP contribution in [-0.4, -0.2) is 78.0 Å². The van der Waals surface area contributed by atoms with Crippen molar-refractivity contribution in [2.24, 2.45) is 11.8 Å². The fourth-order valence-electron chi connectivity index (χ4n) is 4.25. The fraction of sp³-hybridized carbons (Fsp3) is 0.778. The Morgan fingerprint density at radius 1 is 1.32 bits per heavy atom. The second kappa shape index (κ2) is 7.85. The van der Waals surface area contributed by atoms with Gasteiger partial charge in [-0.15, -0.1) is 0 Å². The SMILES string of the molecule is CC[C@@H]1CN(C(=O)c2c(C)noc2C)[C@H](CO)[C@@H]1CN1CCOCC1. The Kier molecular flexibility index (Phi) is 5.76. The highest BCUT2D eigenvalue weighted by Crippen LogP contribution is 2.34. The first-order valence-corrected chi connectivity index (χ1v) is 9.21. The molecule has 7 nitrogen and oxygen atoms in total. The first-order chi connectivity index (χ1) is 12.1. The van der Waals surface area contributed by atoms with E-state index in [9.17, 15) is 9.90 Å². The number of aromatic nitrogens is 1. The second-order valence-corrected chi connectivity index (χ2v) is 7.15. The van der Waals surface area contributed by atoms with E-state index in [1.54, 1.807) is 13.8 Å². The molecule has 3 rings (SSSR count). The predicted molar refractivity (Wildman–Crippen MR) is 92.4 cm³/mol. The van der Waals surface area contributed by atoms with Gasteiger partial charge in [-0.05, 0) is 25.7 Å². The van der Waals surface area contributed by atoms with Gasteiger partial charge in [-0.3, -0.25) is 9.69 Å². The molecule has 2 saturated heterocycles. The van der Waals surface area contributed by atoms with Gasteiger partial charge in [0.15, 0.2) is 0 Å². The van der Waals surface area contributed by atoms with Crippen LogP contribution in [0.1, 0.15) is 35.2 Å². The van der Waals surface area contributed by atoms with Crippen molar-refractivity contribution in [3.8, 4) is 0 Å². The molecule has 0 spiro atoms. The largest absolute Gasteiger partial charge is 0.394 e. The third kappa shape index (κ3) is 3.59. The van der Waals surface area contributed by atoms with Crippen LogP contribution >= 0.6 is 0 Å². The van der Waals surface area contributed by atoms with E-state index in [0.717, 1.165) is 39.3 Å². The van der Waals surface area contributed by atoms with Crippen molar-refractivity contribution in [3.05, 3.63) is 17.0 Å². The lowest BCUT2D eigenvalue weighted by Crippen LogP contribution is -2.46. The predicted octanol–water partition coefficient (Wildman–Crippen LogP) is 1.08. The summed E-state index contributed by atoms with van der Waals surface area (Å²) >= 11 is 0. The average molecular weight is 351 g/mol. The van der Waals surface area contributed by atoms with Gasteiger partial charge in [-0.2, -0.15) is 0 Å². The number of aliphatic hydroxyl groups excluding tert-OH is 1. The van der Waals surface area contributed by atoms with E-state index < -0.39 is 0 Å². The highest BCUT2D eigenvalue weighted by molar-refractivity contribution is 5.96. The van der Waals surface area contributed by atoms with Crippen LogP contribution in [0, 0.1) is 25.7 Å². The Hall–Kier alpha value is -1.44. The van der Waals surface area contributed by atoms with Crippen molar-refractivity contribution in [1.29, 1.82) is 0 Å². The number of amides is 1. The number of nitrogens with zero attached hydrogens (tertiary/aromatic N) is 3. The molecule has 140 valence electrons. The molecule has 0 unspecified atom stereocenters. The van der Waals surface area contributed by atoms with Gasteiger partial charge in [-0.25, -0.2) is 0 Å². The lowest BCUT2D eigenvalue weighted by Gasteiger charge is -2.33. The van der Waals surface area contributed by atoms with Gasteiger partial charge < -0.3 is 19.3 Å². The molecule has 2 fully saturated rings. The zero-order valence-corrected chi connectivity index (χ0v) is 15.4. The third-order valence-electron chi connectivity index (χ3n) is 5.72. The number of ether oxygens (including phenoxy) is 1. The quantitative estimate of drug-likeness (QED) is 0.855. The molecule has 1 aromatic heterocycles. The number of morpholine rings is 1. The Bertz CT molecular complexity index is 578. The molecule has 7 heteroatoms. The van der Waals surface area contributed by atoms with Crippen LogP contribution in [0.3, 0.4) is 0 Å². The number of carbonyl (C=O) groups is 1. The summed E-state index contributed by atoms with van der Waals surface area (Å²) in [7, 11) is 0. The maximum absolute atomic E-state index is 13.1. The summed E-state index contributed by atoms with van der Waals surface area (Å²) in [6.45, 7) is 10.6. The van der Waals surface area contributed by atoms with Gasteiger partial charge in [0.25, 0.3) is 5.91 Å². The summed E-state index contributed by atoms with van der Waals surface area (Å²) in [4.78, 5) is 17.3. The molecule has 0 aromatic carbocycles. The van der Waals surface area contributed by atoms with Gasteiger partial charge in [0.2, 0.25) is 0 Å². The van der Waals surface area contributed by atoms with Gasteiger partial charge in [0, 0.05) is 26.2 Å². The average Bonchev–Trinajstić information content (AvgIpc) is 3.15. The van der Waals surface area contributed by atoms with Crippen molar-refractivity contribution in [2.45, 2.75) is 33.2 Å². The summed E-state index contributed by atoms with van der Waals surface area (Å²) < 4.78 is 10.6. The topological polar surface area (TPSA) is 79.0 Å². The minimum atomic E-state index is -0.158. The maximum Gasteiger partial charge on any atom is 0.259 e. The van der Waals surface area contributed by atoms with Crippen LogP contribution in [0.2, 0.25) is 0 Å². The van der Waals surface area contributed by atoms with Crippen LogP contribution in [0.5, 0.6) is 0 Å². The highest BCUT2D eigenvalue weighted by atomic mass is 16.5. The van der Waals surface area contributed by atoms with Crippen LogP contribution in [0.15, 0.2) is 4.52 Å². The van der Waals surface area contributed by atoms with Crippen LogP contribution in [0.25, 0.3) is 0 Å². The molecule has 0 aliphatic carbocycles. The van der Waals surface area contributed by atoms with Crippen molar-refractivity contribution in [3.63, 3.8) is 0 Å². The van der Waals surface area contributed by atoms with Crippen LogP contribution in [-0.2, 0) is 4.74 Å². The lowest BCUT2D eigenvalue weighted by molar-refractivity contribution is 0.0206. The Morgan fingerprint density at radius 2 is 2.04 bits per heavy atom. The molecular weight excluding hydrogens is 322 g/mol. The molecule has 3 heterocycles. The van der Waals surface area contributed by atoms with Gasteiger partial charge in [-0.1, -0.05) is 18.5 Å². The molecule has 0 saturated carbocycles. The van der Waals surface area contributed by atoms with Gasteiger partial charge in [0.1, 0.15) is 11.3 Å². The van der Waals surface area contributed by atoms with E-state index >= 15 is 0 Å². The Balaban J connectivity index is 1.79. The van der Waals surface area contributed by atoms with Crippen LogP contribution in [0.4, 0.5) is 0 Å². The van der Waals surface area contributed by atoms with E-state index in [1.807, 2.05) is 4.90 Å². The monoisotopic (exact) mass is 351 g/mol. The molecule has 3 atom stereocenters. The Morgan fingerprint density at radius 3 is 2.60 bits per heavy atom. The van der Waals surface area contributed by atoms with Gasteiger partial charge in [0.05, 0.1) is 31.6 Å². The minimum Gasteiger partial charge on any atom is -0.394 e. The zero-order valence-electron chi connectivity index (χ0n) is 15.4. The summed E-state index contributed by atoms with van der Waals surface area (Å²) in [6, 6.07) is -0.158. The zero-order chi connectivity index (χ0) is 18.0. The first kappa shape index (κ1) is 18.4. The molecule has 0 radical (unpaired) electrons. The van der Waals surface area contributed by atoms with E-state index in [1.165, 1.54) is 0 Å². The third-order valence-corrected chi connectivity index (χ3v) is 5.72. The van der Waals surface area contributed by atoms with E-state index in [0.29, 0.717) is 29.5 Å². The van der Waals surface area contributed by atoms with E-state index in [2.05, 4.69) is 17.0 Å². The van der Waals surface area contributed by atoms with E-state index in [4.69, 9.17) is 9.26 Å². The molecule has 1 amide bonds. The van der Waals surface area contributed by atoms with Crippen molar-refractivity contribution < 1.29 is 19.2 Å². The maximum atomic E-state index is 13.1. The highest BCUT2D eigenvalue weighted by Gasteiger charge is 2.44. The van der Waals surface area contributed by atoms with Crippen molar-refractivity contribution in [1.82, 2.24) is 15.0 Å². The smallest absolute Gasteiger partial charge is 0.259 e. The summed E-state index contributed by atoms with van der Waals surface area (Å²) in [5.41, 5.74) is 1.16. The van der Waals surface area contributed by atoms with E-state index in [-0.39, 0.29) is 24.5 Å². The molecule has 25 heavy (non-hydrogen) atoms. The normalized spacial score (nSPS) is 27.8. The second-order valence-electron chi connectivity index (χ2n) is 7.15. The number of rotatable bonds is 5. The number of hydrogen-bond donors (Lipinski definition) is 1. The summed E-state index contributed by atoms with van der Waals surface area (Å²) in [5.74, 6) is 1.14. The Labute approximate surface area is 148 Å². The number of hydrogen-bond acceptors (Lipinski definition) is 6. The van der Waals surface area contributed by atoms with Gasteiger partial charge >= 0.3 is 0 Å². The number of aliphatic hydroxyl groups is 1. The molecule has 0 bridgehead atoms. The fourth-order valence-corrected chi connectivity index (χ4v) is 4.25. The first-order valence-electron chi connectivity index (χ1n) is 9.21. The molecular formula is C18H29N3O4. The standard InChI is InChI=1S/C18H29N3O4/c1-4-14-9-21(18(23)17-12(2)19-25-13(17)3)16(11-22)15(14)10-20-5-7-24-8-6-20/h14-16,22H,4-11H2,1-3H3/t14-,15-,16-/m1/s1. The molecule has 2 aliphatic heterocycles. The number of carbonyl (C=O) groups excluding carboxylic acids is 1. The van der Waals surface area contributed by atoms with Crippen molar-refractivity contribution >= 4 is 5.91 Å². The molecule has 1 N–H and O–H groups in total. The number of aryl methyl sites for hydroxylation is 2. The van der Waals surface area contributed by atoms with Crippen molar-refractivity contribution in [2.75, 3.05) is 46.0 Å². The lowest BCUT2D eigenvalue weighted by atomic mass is 9.88. The molecule has 2 aliphatic rings. The van der Waals surface area contributed by atoms with Crippen LogP contribution < -0.4 is 0 Å². The molecule has 1 aromatic rings. The summed E-state index contributed by atoms with van der Waals surface area (Å²) in [5, 5.41) is 14.0. The number of likely N-dealkylation sites (tertiary alicyclic amines) is 1.